The van der Waals surface area contributed by atoms with Crippen molar-refractivity contribution in [3.05, 3.63) is 36.3 Å². The van der Waals surface area contributed by atoms with Crippen molar-refractivity contribution in [2.75, 3.05) is 0 Å². The number of hydrogen-bond acceptors (Lipinski definition) is 5. The van der Waals surface area contributed by atoms with Gasteiger partial charge in [0, 0.05) is 26.5 Å². The fourth-order valence-electron chi connectivity index (χ4n) is 2.07. The van der Waals surface area contributed by atoms with Gasteiger partial charge in [0.2, 0.25) is 5.69 Å². The first-order valence-corrected chi connectivity index (χ1v) is 6.17. The lowest BCUT2D eigenvalue weighted by molar-refractivity contribution is 0.0691. The van der Waals surface area contributed by atoms with E-state index in [1.165, 1.54) is 4.68 Å². The van der Waals surface area contributed by atoms with Crippen LogP contribution in [0.5, 0.6) is 0 Å². The van der Waals surface area contributed by atoms with Crippen LogP contribution in [0.25, 0.3) is 11.5 Å². The molecular formula is C12H13N7O2. The molecule has 3 aromatic rings. The Morgan fingerprint density at radius 1 is 1.33 bits per heavy atom. The molecule has 3 aromatic heterocycles. The molecule has 0 spiro atoms. The first-order chi connectivity index (χ1) is 10.1. The summed E-state index contributed by atoms with van der Waals surface area (Å²) < 4.78 is 5.08. The van der Waals surface area contributed by atoms with Crippen LogP contribution in [0.3, 0.4) is 0 Å². The van der Waals surface area contributed by atoms with Gasteiger partial charge in [-0.3, -0.25) is 0 Å². The molecule has 1 N–H and O–H groups in total. The van der Waals surface area contributed by atoms with Crippen LogP contribution in [-0.4, -0.2) is 45.2 Å². The molecule has 0 aliphatic carbocycles. The molecule has 0 bridgehead atoms. The Morgan fingerprint density at radius 3 is 2.71 bits per heavy atom. The number of imidazole rings is 2. The van der Waals surface area contributed by atoms with Crippen molar-refractivity contribution >= 4 is 5.97 Å². The lowest BCUT2D eigenvalue weighted by Gasteiger charge is -2.07. The summed E-state index contributed by atoms with van der Waals surface area (Å²) in [6.07, 6.45) is 6.71. The Morgan fingerprint density at radius 2 is 2.14 bits per heavy atom. The van der Waals surface area contributed by atoms with Gasteiger partial charge >= 0.3 is 5.97 Å². The summed E-state index contributed by atoms with van der Waals surface area (Å²) in [7, 11) is 3.65. The number of carboxylic acids is 1. The number of aryl methyl sites for hydroxylation is 2. The van der Waals surface area contributed by atoms with Crippen molar-refractivity contribution in [3.8, 4) is 11.5 Å². The highest BCUT2D eigenvalue weighted by molar-refractivity contribution is 5.91. The number of rotatable bonds is 4. The highest BCUT2D eigenvalue weighted by Gasteiger charge is 2.23. The molecule has 0 radical (unpaired) electrons. The first kappa shape index (κ1) is 13.0. The Balaban J connectivity index is 2.12. The zero-order valence-electron chi connectivity index (χ0n) is 11.5. The molecule has 0 saturated carbocycles. The SMILES string of the molecule is Cn1cncc1Cn1nnc(C(=O)O)c1-c1nccn1C. The maximum Gasteiger partial charge on any atom is 0.358 e. The topological polar surface area (TPSA) is 104 Å². The number of nitrogens with zero attached hydrogens (tertiary/aromatic N) is 7. The Labute approximate surface area is 119 Å². The van der Waals surface area contributed by atoms with Crippen LogP contribution in [0, 0.1) is 0 Å². The number of aromatic nitrogens is 7. The van der Waals surface area contributed by atoms with Crippen molar-refractivity contribution in [3.63, 3.8) is 0 Å². The van der Waals surface area contributed by atoms with Crippen molar-refractivity contribution in [1.29, 1.82) is 0 Å². The van der Waals surface area contributed by atoms with Crippen LogP contribution in [0.4, 0.5) is 0 Å². The highest BCUT2D eigenvalue weighted by Crippen LogP contribution is 2.21. The predicted octanol–water partition coefficient (Wildman–Crippen LogP) is 0.159. The maximum atomic E-state index is 11.3. The minimum atomic E-state index is -1.13. The van der Waals surface area contributed by atoms with Gasteiger partial charge in [0.15, 0.2) is 5.82 Å². The van der Waals surface area contributed by atoms with E-state index < -0.39 is 5.97 Å². The van der Waals surface area contributed by atoms with Gasteiger partial charge in [-0.25, -0.2) is 19.4 Å². The minimum absolute atomic E-state index is 0.119. The number of carbonyl (C=O) groups is 1. The molecule has 3 heterocycles. The van der Waals surface area contributed by atoms with Crippen LogP contribution < -0.4 is 0 Å². The molecule has 0 unspecified atom stereocenters. The van der Waals surface area contributed by atoms with Gasteiger partial charge in [0.1, 0.15) is 5.69 Å². The zero-order valence-corrected chi connectivity index (χ0v) is 11.5. The second-order valence-electron chi connectivity index (χ2n) is 4.61. The van der Waals surface area contributed by atoms with Gasteiger partial charge < -0.3 is 14.2 Å². The van der Waals surface area contributed by atoms with Crippen LogP contribution in [0.1, 0.15) is 16.2 Å². The highest BCUT2D eigenvalue weighted by atomic mass is 16.4. The molecule has 0 fully saturated rings. The summed E-state index contributed by atoms with van der Waals surface area (Å²) in [4.78, 5) is 19.6. The standard InChI is InChI=1S/C12H13N7O2/c1-17-4-3-14-11(17)10-9(12(20)21)15-16-19(10)6-8-5-13-7-18(8)2/h3-5,7H,6H2,1-2H3,(H,20,21). The number of carboxylic acid groups (broad SMARTS) is 1. The summed E-state index contributed by atoms with van der Waals surface area (Å²) in [6, 6.07) is 0. The summed E-state index contributed by atoms with van der Waals surface area (Å²) >= 11 is 0. The Hall–Kier alpha value is -2.97. The van der Waals surface area contributed by atoms with Gasteiger partial charge in [-0.15, -0.1) is 5.10 Å². The Bertz CT molecular complexity index is 798. The second-order valence-corrected chi connectivity index (χ2v) is 4.61. The molecule has 0 saturated heterocycles. The van der Waals surface area contributed by atoms with E-state index in [0.717, 1.165) is 5.69 Å². The van der Waals surface area contributed by atoms with Crippen molar-refractivity contribution < 1.29 is 9.90 Å². The third-order valence-electron chi connectivity index (χ3n) is 3.20. The molecule has 0 amide bonds. The average Bonchev–Trinajstić information content (AvgIpc) is 3.12. The Kier molecular flexibility index (Phi) is 3.01. The summed E-state index contributed by atoms with van der Waals surface area (Å²) in [5.41, 5.74) is 1.13. The van der Waals surface area contributed by atoms with Gasteiger partial charge in [-0.1, -0.05) is 5.21 Å². The predicted molar refractivity (Wildman–Crippen MR) is 71.5 cm³/mol. The van der Waals surface area contributed by atoms with Crippen LogP contribution in [0.15, 0.2) is 24.9 Å². The van der Waals surface area contributed by atoms with E-state index in [1.54, 1.807) is 36.5 Å². The number of aromatic carboxylic acids is 1. The van der Waals surface area contributed by atoms with Gasteiger partial charge in [-0.05, 0) is 0 Å². The average molecular weight is 287 g/mol. The van der Waals surface area contributed by atoms with Crippen LogP contribution in [-0.2, 0) is 20.6 Å². The van der Waals surface area contributed by atoms with E-state index >= 15 is 0 Å². The lowest BCUT2D eigenvalue weighted by atomic mass is 10.3. The van der Waals surface area contributed by atoms with Gasteiger partial charge in [0.05, 0.1) is 24.8 Å². The number of hydrogen-bond donors (Lipinski definition) is 1. The monoisotopic (exact) mass is 287 g/mol. The fourth-order valence-corrected chi connectivity index (χ4v) is 2.07. The van der Waals surface area contributed by atoms with E-state index in [4.69, 9.17) is 0 Å². The molecule has 3 rings (SSSR count). The van der Waals surface area contributed by atoms with Crippen molar-refractivity contribution in [2.45, 2.75) is 6.54 Å². The van der Waals surface area contributed by atoms with Gasteiger partial charge in [0.25, 0.3) is 0 Å². The molecule has 0 aromatic carbocycles. The fraction of sp³-hybridized carbons (Fsp3) is 0.250. The zero-order chi connectivity index (χ0) is 15.0. The van der Waals surface area contributed by atoms with Crippen LogP contribution >= 0.6 is 0 Å². The molecule has 9 nitrogen and oxygen atoms in total. The smallest absolute Gasteiger partial charge is 0.358 e. The molecule has 21 heavy (non-hydrogen) atoms. The molecule has 108 valence electrons. The van der Waals surface area contributed by atoms with Crippen LogP contribution in [0.2, 0.25) is 0 Å². The maximum absolute atomic E-state index is 11.3. The second kappa shape index (κ2) is 4.85. The molecule has 0 atom stereocenters. The van der Waals surface area contributed by atoms with E-state index in [2.05, 4.69) is 20.3 Å². The quantitative estimate of drug-likeness (QED) is 0.733. The third-order valence-corrected chi connectivity index (χ3v) is 3.20. The largest absolute Gasteiger partial charge is 0.476 e. The van der Waals surface area contributed by atoms with E-state index in [9.17, 15) is 9.90 Å². The molecule has 9 heteroatoms. The normalized spacial score (nSPS) is 11.0. The molecular weight excluding hydrogens is 274 g/mol. The summed E-state index contributed by atoms with van der Waals surface area (Å²) in [6.45, 7) is 0.360. The first-order valence-electron chi connectivity index (χ1n) is 6.17. The lowest BCUT2D eigenvalue weighted by Crippen LogP contribution is -2.10. The third kappa shape index (κ3) is 2.18. The van der Waals surface area contributed by atoms with Gasteiger partial charge in [-0.2, -0.15) is 0 Å². The molecule has 0 aliphatic heterocycles. The summed E-state index contributed by atoms with van der Waals surface area (Å²) in [5.74, 6) is -0.635. The van der Waals surface area contributed by atoms with E-state index in [-0.39, 0.29) is 5.69 Å². The van der Waals surface area contributed by atoms with E-state index in [0.29, 0.717) is 18.1 Å². The minimum Gasteiger partial charge on any atom is -0.476 e. The molecule has 0 aliphatic rings. The van der Waals surface area contributed by atoms with Crippen molar-refractivity contribution in [1.82, 2.24) is 34.1 Å². The van der Waals surface area contributed by atoms with Crippen molar-refractivity contribution in [2.24, 2.45) is 14.1 Å². The van der Waals surface area contributed by atoms with E-state index in [1.807, 2.05) is 11.6 Å². The summed E-state index contributed by atoms with van der Waals surface area (Å²) in [5, 5.41) is 17.0.